The maximum Gasteiger partial charge on any atom is 0.0591 e. The highest BCUT2D eigenvalue weighted by atomic mass is 35.5. The maximum absolute atomic E-state index is 5.90. The van der Waals surface area contributed by atoms with Crippen LogP contribution < -0.4 is 10.6 Å². The molecule has 0 aliphatic carbocycles. The second kappa shape index (κ2) is 3.46. The van der Waals surface area contributed by atoms with Gasteiger partial charge in [-0.05, 0) is 24.1 Å². The Morgan fingerprint density at radius 1 is 1.23 bits per heavy atom. The first-order valence-electron chi connectivity index (χ1n) is 4.53. The minimum Gasteiger partial charge on any atom is -0.383 e. The molecule has 2 nitrogen and oxygen atoms in total. The van der Waals surface area contributed by atoms with Crippen molar-refractivity contribution in [3.05, 3.63) is 23.2 Å². The third kappa shape index (κ3) is 1.89. The van der Waals surface area contributed by atoms with Crippen molar-refractivity contribution in [2.45, 2.75) is 6.92 Å². The van der Waals surface area contributed by atoms with E-state index in [1.54, 1.807) is 0 Å². The van der Waals surface area contributed by atoms with E-state index in [2.05, 4.69) is 17.6 Å². The minimum atomic E-state index is 0.645. The first kappa shape index (κ1) is 8.70. The van der Waals surface area contributed by atoms with Crippen LogP contribution in [0.2, 0.25) is 5.02 Å². The first-order chi connectivity index (χ1) is 6.25. The van der Waals surface area contributed by atoms with Gasteiger partial charge in [-0.1, -0.05) is 18.5 Å². The number of rotatable bonds is 0. The van der Waals surface area contributed by atoms with E-state index in [0.717, 1.165) is 29.5 Å². The second-order valence-electron chi connectivity index (χ2n) is 3.56. The van der Waals surface area contributed by atoms with Gasteiger partial charge in [-0.25, -0.2) is 0 Å². The van der Waals surface area contributed by atoms with E-state index in [9.17, 15) is 0 Å². The van der Waals surface area contributed by atoms with Crippen LogP contribution in [0.25, 0.3) is 0 Å². The van der Waals surface area contributed by atoms with E-state index >= 15 is 0 Å². The number of nitrogens with one attached hydrogen (secondary N) is 2. The van der Waals surface area contributed by atoms with E-state index in [0.29, 0.717) is 5.92 Å². The van der Waals surface area contributed by atoms with Crippen molar-refractivity contribution in [1.82, 2.24) is 0 Å². The van der Waals surface area contributed by atoms with Gasteiger partial charge in [-0.2, -0.15) is 0 Å². The van der Waals surface area contributed by atoms with Crippen LogP contribution in [0.15, 0.2) is 18.2 Å². The molecule has 0 amide bonds. The predicted octanol–water partition coefficient (Wildman–Crippen LogP) is 2.81. The number of benzene rings is 1. The molecule has 1 aliphatic heterocycles. The molecule has 0 saturated carbocycles. The van der Waals surface area contributed by atoms with Gasteiger partial charge >= 0.3 is 0 Å². The normalized spacial score (nSPS) is 20.9. The van der Waals surface area contributed by atoms with Crippen molar-refractivity contribution in [2.24, 2.45) is 5.92 Å². The van der Waals surface area contributed by atoms with Gasteiger partial charge in [0.1, 0.15) is 0 Å². The van der Waals surface area contributed by atoms with Crippen LogP contribution in [0.5, 0.6) is 0 Å². The summed E-state index contributed by atoms with van der Waals surface area (Å²) in [5.41, 5.74) is 2.26. The van der Waals surface area contributed by atoms with Gasteiger partial charge in [0.05, 0.1) is 11.4 Å². The lowest BCUT2D eigenvalue weighted by Gasteiger charge is -2.07. The van der Waals surface area contributed by atoms with Gasteiger partial charge in [0.25, 0.3) is 0 Å². The topological polar surface area (TPSA) is 24.1 Å². The molecule has 0 aromatic heterocycles. The largest absolute Gasteiger partial charge is 0.383 e. The van der Waals surface area contributed by atoms with Crippen molar-refractivity contribution in [3.63, 3.8) is 0 Å². The fraction of sp³-hybridized carbons (Fsp3) is 0.400. The van der Waals surface area contributed by atoms with Gasteiger partial charge in [-0.15, -0.1) is 0 Å². The number of fused-ring (bicyclic) bond motifs is 1. The molecule has 0 bridgehead atoms. The first-order valence-corrected chi connectivity index (χ1v) is 4.91. The zero-order valence-electron chi connectivity index (χ0n) is 7.60. The average Bonchev–Trinajstić information content (AvgIpc) is 2.29. The molecule has 0 radical (unpaired) electrons. The average molecular weight is 197 g/mol. The van der Waals surface area contributed by atoms with Crippen LogP contribution >= 0.6 is 11.6 Å². The molecule has 1 aromatic carbocycles. The predicted molar refractivity (Wildman–Crippen MR) is 57.6 cm³/mol. The van der Waals surface area contributed by atoms with Gasteiger partial charge in [0.2, 0.25) is 0 Å². The summed E-state index contributed by atoms with van der Waals surface area (Å²) in [6.45, 7) is 4.23. The maximum atomic E-state index is 5.90. The lowest BCUT2D eigenvalue weighted by molar-refractivity contribution is 0.657. The van der Waals surface area contributed by atoms with Gasteiger partial charge in [0.15, 0.2) is 0 Å². The van der Waals surface area contributed by atoms with E-state index in [1.807, 2.05) is 18.2 Å². The highest BCUT2D eigenvalue weighted by molar-refractivity contribution is 6.31. The molecule has 1 unspecified atom stereocenters. The van der Waals surface area contributed by atoms with Crippen molar-refractivity contribution in [3.8, 4) is 0 Å². The number of halogens is 1. The molecule has 2 N–H and O–H groups in total. The fourth-order valence-electron chi connectivity index (χ4n) is 1.46. The lowest BCUT2D eigenvalue weighted by Crippen LogP contribution is -2.14. The van der Waals surface area contributed by atoms with Crippen molar-refractivity contribution < 1.29 is 0 Å². The van der Waals surface area contributed by atoms with Crippen LogP contribution in [-0.4, -0.2) is 13.1 Å². The standard InChI is InChI=1S/C10H13ClN2/c1-7-5-12-9-3-2-8(11)4-10(9)13-6-7/h2-4,7,12-13H,5-6H2,1H3. The highest BCUT2D eigenvalue weighted by Crippen LogP contribution is 2.27. The lowest BCUT2D eigenvalue weighted by atomic mass is 10.2. The fourth-order valence-corrected chi connectivity index (χ4v) is 1.63. The zero-order chi connectivity index (χ0) is 9.26. The Morgan fingerprint density at radius 2 is 1.92 bits per heavy atom. The van der Waals surface area contributed by atoms with E-state index in [4.69, 9.17) is 11.6 Å². The molecule has 0 fully saturated rings. The Labute approximate surface area is 83.3 Å². The number of hydrogen-bond donors (Lipinski definition) is 2. The molecule has 0 saturated heterocycles. The SMILES string of the molecule is CC1CNc2ccc(Cl)cc2NC1. The van der Waals surface area contributed by atoms with Crippen LogP contribution in [0, 0.1) is 5.92 Å². The van der Waals surface area contributed by atoms with Gasteiger partial charge in [-0.3, -0.25) is 0 Å². The molecule has 0 spiro atoms. The molecular formula is C10H13ClN2. The molecule has 13 heavy (non-hydrogen) atoms. The smallest absolute Gasteiger partial charge is 0.0591 e. The Morgan fingerprint density at radius 3 is 2.69 bits per heavy atom. The monoisotopic (exact) mass is 196 g/mol. The summed E-state index contributed by atoms with van der Waals surface area (Å²) in [5, 5.41) is 7.53. The van der Waals surface area contributed by atoms with Crippen LogP contribution in [0.4, 0.5) is 11.4 Å². The van der Waals surface area contributed by atoms with Crippen LogP contribution in [0.3, 0.4) is 0 Å². The Hall–Kier alpha value is -0.890. The van der Waals surface area contributed by atoms with Crippen LogP contribution in [-0.2, 0) is 0 Å². The summed E-state index contributed by atoms with van der Waals surface area (Å²) < 4.78 is 0. The summed E-state index contributed by atoms with van der Waals surface area (Å²) >= 11 is 5.90. The van der Waals surface area contributed by atoms with Gasteiger partial charge in [0, 0.05) is 18.1 Å². The van der Waals surface area contributed by atoms with Crippen molar-refractivity contribution >= 4 is 23.0 Å². The summed E-state index contributed by atoms with van der Waals surface area (Å²) in [5.74, 6) is 0.645. The molecule has 3 heteroatoms. The Bertz CT molecular complexity index is 312. The van der Waals surface area contributed by atoms with E-state index in [-0.39, 0.29) is 0 Å². The number of anilines is 2. The second-order valence-corrected chi connectivity index (χ2v) is 3.99. The van der Waals surface area contributed by atoms with Crippen molar-refractivity contribution in [1.29, 1.82) is 0 Å². The third-order valence-corrected chi connectivity index (χ3v) is 2.50. The molecule has 70 valence electrons. The number of hydrogen-bond acceptors (Lipinski definition) is 2. The Kier molecular flexibility index (Phi) is 2.32. The summed E-state index contributed by atoms with van der Waals surface area (Å²) in [4.78, 5) is 0. The molecule has 2 rings (SSSR count). The van der Waals surface area contributed by atoms with Crippen molar-refractivity contribution in [2.75, 3.05) is 23.7 Å². The van der Waals surface area contributed by atoms with Gasteiger partial charge < -0.3 is 10.6 Å². The third-order valence-electron chi connectivity index (χ3n) is 2.26. The van der Waals surface area contributed by atoms with E-state index < -0.39 is 0 Å². The minimum absolute atomic E-state index is 0.645. The summed E-state index contributed by atoms with van der Waals surface area (Å²) in [7, 11) is 0. The zero-order valence-corrected chi connectivity index (χ0v) is 8.36. The molecule has 1 atom stereocenters. The van der Waals surface area contributed by atoms with Crippen LogP contribution in [0.1, 0.15) is 6.92 Å². The summed E-state index contributed by atoms with van der Waals surface area (Å²) in [6.07, 6.45) is 0. The summed E-state index contributed by atoms with van der Waals surface area (Å²) in [6, 6.07) is 5.88. The molecule has 1 heterocycles. The highest BCUT2D eigenvalue weighted by Gasteiger charge is 2.10. The van der Waals surface area contributed by atoms with E-state index in [1.165, 1.54) is 0 Å². The Balaban J connectivity index is 2.30. The molecule has 1 aliphatic rings. The quantitative estimate of drug-likeness (QED) is 0.667. The molecular weight excluding hydrogens is 184 g/mol. The molecule has 1 aromatic rings.